The quantitative estimate of drug-likeness (QED) is 0.669. The Bertz CT molecular complexity index is 233. The molecule has 0 saturated carbocycles. The second kappa shape index (κ2) is 4.17. The Hall–Kier alpha value is -0.780. The van der Waals surface area contributed by atoms with Crippen LogP contribution in [0.25, 0.3) is 0 Å². The molecule has 0 aromatic carbocycles. The van der Waals surface area contributed by atoms with Crippen molar-refractivity contribution in [3.63, 3.8) is 0 Å². The Morgan fingerprint density at radius 3 is 3.09 bits per heavy atom. The molecule has 0 bridgehead atoms. The molecule has 1 atom stereocenters. The van der Waals surface area contributed by atoms with Gasteiger partial charge in [0.25, 0.3) is 0 Å². The first-order valence-electron chi connectivity index (χ1n) is 3.52. The zero-order chi connectivity index (χ0) is 8.10. The van der Waals surface area contributed by atoms with Crippen LogP contribution in [-0.4, -0.2) is 13.1 Å². The maximum Gasteiger partial charge on any atom is 0.0733 e. The molecule has 1 aromatic heterocycles. The standard InChI is InChI=1S/C9H11NS/c1-3-8(10-2)7-9-5-4-6-11-9/h1,4-6,8,10H,7H2,2H3. The third-order valence-electron chi connectivity index (χ3n) is 1.54. The first kappa shape index (κ1) is 8.32. The minimum Gasteiger partial charge on any atom is -0.306 e. The van der Waals surface area contributed by atoms with Gasteiger partial charge in [0, 0.05) is 11.3 Å². The van der Waals surface area contributed by atoms with E-state index in [2.05, 4.69) is 22.7 Å². The average molecular weight is 165 g/mol. The molecule has 0 spiro atoms. The van der Waals surface area contributed by atoms with Crippen molar-refractivity contribution in [2.75, 3.05) is 7.05 Å². The van der Waals surface area contributed by atoms with E-state index in [1.54, 1.807) is 11.3 Å². The predicted molar refractivity (Wildman–Crippen MR) is 49.7 cm³/mol. The van der Waals surface area contributed by atoms with E-state index < -0.39 is 0 Å². The summed E-state index contributed by atoms with van der Waals surface area (Å²) < 4.78 is 0. The van der Waals surface area contributed by atoms with E-state index in [9.17, 15) is 0 Å². The van der Waals surface area contributed by atoms with Crippen molar-refractivity contribution in [1.82, 2.24) is 5.32 Å². The highest BCUT2D eigenvalue weighted by atomic mass is 32.1. The van der Waals surface area contributed by atoms with Gasteiger partial charge in [-0.2, -0.15) is 0 Å². The Morgan fingerprint density at radius 1 is 1.82 bits per heavy atom. The van der Waals surface area contributed by atoms with Gasteiger partial charge in [0.1, 0.15) is 0 Å². The van der Waals surface area contributed by atoms with Crippen LogP contribution in [0, 0.1) is 12.3 Å². The van der Waals surface area contributed by atoms with Gasteiger partial charge in [0.2, 0.25) is 0 Å². The SMILES string of the molecule is C#CC(Cc1cccs1)NC. The van der Waals surface area contributed by atoms with Gasteiger partial charge in [-0.05, 0) is 18.5 Å². The molecule has 1 aromatic rings. The smallest absolute Gasteiger partial charge is 0.0733 e. The minimum absolute atomic E-state index is 0.175. The topological polar surface area (TPSA) is 12.0 Å². The lowest BCUT2D eigenvalue weighted by atomic mass is 10.2. The van der Waals surface area contributed by atoms with Crippen molar-refractivity contribution < 1.29 is 0 Å². The number of rotatable bonds is 3. The fraction of sp³-hybridized carbons (Fsp3) is 0.333. The zero-order valence-electron chi connectivity index (χ0n) is 6.50. The van der Waals surface area contributed by atoms with Crippen molar-refractivity contribution >= 4 is 11.3 Å². The van der Waals surface area contributed by atoms with Gasteiger partial charge in [-0.3, -0.25) is 0 Å². The molecular formula is C9H11NS. The van der Waals surface area contributed by atoms with Crippen LogP contribution in [0.3, 0.4) is 0 Å². The van der Waals surface area contributed by atoms with E-state index >= 15 is 0 Å². The molecule has 0 saturated heterocycles. The lowest BCUT2D eigenvalue weighted by molar-refractivity contribution is 0.689. The molecule has 1 N–H and O–H groups in total. The summed E-state index contributed by atoms with van der Waals surface area (Å²) in [5, 5.41) is 5.13. The number of hydrogen-bond donors (Lipinski definition) is 1. The molecule has 1 rings (SSSR count). The average Bonchev–Trinajstić information content (AvgIpc) is 2.52. The highest BCUT2D eigenvalue weighted by Crippen LogP contribution is 2.10. The van der Waals surface area contributed by atoms with E-state index in [0.29, 0.717) is 0 Å². The molecule has 0 radical (unpaired) electrons. The molecule has 0 fully saturated rings. The summed E-state index contributed by atoms with van der Waals surface area (Å²) in [6, 6.07) is 4.32. The summed E-state index contributed by atoms with van der Waals surface area (Å²) in [6.07, 6.45) is 6.23. The predicted octanol–water partition coefficient (Wildman–Crippen LogP) is 1.51. The molecule has 11 heavy (non-hydrogen) atoms. The maximum absolute atomic E-state index is 5.29. The van der Waals surface area contributed by atoms with E-state index in [-0.39, 0.29) is 6.04 Å². The van der Waals surface area contributed by atoms with E-state index in [1.807, 2.05) is 13.1 Å². The molecule has 2 heteroatoms. The van der Waals surface area contributed by atoms with Gasteiger partial charge >= 0.3 is 0 Å². The van der Waals surface area contributed by atoms with Gasteiger partial charge in [-0.25, -0.2) is 0 Å². The van der Waals surface area contributed by atoms with Crippen LogP contribution in [0.2, 0.25) is 0 Å². The third-order valence-corrected chi connectivity index (χ3v) is 2.43. The molecule has 1 heterocycles. The minimum atomic E-state index is 0.175. The highest BCUT2D eigenvalue weighted by Gasteiger charge is 2.02. The van der Waals surface area contributed by atoms with Crippen LogP contribution in [0.15, 0.2) is 17.5 Å². The highest BCUT2D eigenvalue weighted by molar-refractivity contribution is 7.09. The van der Waals surface area contributed by atoms with Gasteiger partial charge in [-0.15, -0.1) is 17.8 Å². The van der Waals surface area contributed by atoms with Gasteiger partial charge in [-0.1, -0.05) is 12.0 Å². The van der Waals surface area contributed by atoms with Crippen molar-refractivity contribution in [3.05, 3.63) is 22.4 Å². The Morgan fingerprint density at radius 2 is 2.64 bits per heavy atom. The first-order valence-corrected chi connectivity index (χ1v) is 4.40. The second-order valence-corrected chi connectivity index (χ2v) is 3.32. The summed E-state index contributed by atoms with van der Waals surface area (Å²) in [5.74, 6) is 2.69. The van der Waals surface area contributed by atoms with Crippen LogP contribution in [0.5, 0.6) is 0 Å². The van der Waals surface area contributed by atoms with E-state index in [0.717, 1.165) is 6.42 Å². The monoisotopic (exact) mass is 165 g/mol. The fourth-order valence-corrected chi connectivity index (χ4v) is 1.63. The fourth-order valence-electron chi connectivity index (χ4n) is 0.874. The maximum atomic E-state index is 5.29. The van der Waals surface area contributed by atoms with Crippen LogP contribution < -0.4 is 5.32 Å². The Labute approximate surface area is 71.4 Å². The number of thiophene rings is 1. The molecule has 1 nitrogen and oxygen atoms in total. The van der Waals surface area contributed by atoms with Gasteiger partial charge in [0.15, 0.2) is 0 Å². The Kier molecular flexibility index (Phi) is 3.15. The van der Waals surface area contributed by atoms with Crippen molar-refractivity contribution in [3.8, 4) is 12.3 Å². The summed E-state index contributed by atoms with van der Waals surface area (Å²) in [7, 11) is 1.89. The van der Waals surface area contributed by atoms with Crippen LogP contribution in [-0.2, 0) is 6.42 Å². The molecular weight excluding hydrogens is 154 g/mol. The number of terminal acetylenes is 1. The number of nitrogens with one attached hydrogen (secondary N) is 1. The van der Waals surface area contributed by atoms with Crippen molar-refractivity contribution in [2.45, 2.75) is 12.5 Å². The largest absolute Gasteiger partial charge is 0.306 e. The second-order valence-electron chi connectivity index (χ2n) is 2.29. The normalized spacial score (nSPS) is 12.4. The lowest BCUT2D eigenvalue weighted by Crippen LogP contribution is -2.24. The first-order chi connectivity index (χ1) is 5.36. The zero-order valence-corrected chi connectivity index (χ0v) is 7.32. The molecule has 0 amide bonds. The van der Waals surface area contributed by atoms with E-state index in [1.165, 1.54) is 4.88 Å². The van der Waals surface area contributed by atoms with Crippen LogP contribution in [0.4, 0.5) is 0 Å². The van der Waals surface area contributed by atoms with Crippen LogP contribution in [0.1, 0.15) is 4.88 Å². The molecule has 58 valence electrons. The summed E-state index contributed by atoms with van der Waals surface area (Å²) in [6.45, 7) is 0. The lowest BCUT2D eigenvalue weighted by Gasteiger charge is -2.05. The summed E-state index contributed by atoms with van der Waals surface area (Å²) in [5.41, 5.74) is 0. The third kappa shape index (κ3) is 2.38. The van der Waals surface area contributed by atoms with E-state index in [4.69, 9.17) is 6.42 Å². The summed E-state index contributed by atoms with van der Waals surface area (Å²) >= 11 is 1.75. The Balaban J connectivity index is 2.49. The molecule has 1 unspecified atom stereocenters. The van der Waals surface area contributed by atoms with Crippen LogP contribution >= 0.6 is 11.3 Å². The summed E-state index contributed by atoms with van der Waals surface area (Å²) in [4.78, 5) is 1.34. The molecule has 0 aliphatic carbocycles. The number of likely N-dealkylation sites (N-methyl/N-ethyl adjacent to an activating group) is 1. The molecule has 0 aliphatic heterocycles. The molecule has 0 aliphatic rings. The number of hydrogen-bond acceptors (Lipinski definition) is 2. The van der Waals surface area contributed by atoms with Crippen molar-refractivity contribution in [1.29, 1.82) is 0 Å². The van der Waals surface area contributed by atoms with Gasteiger partial charge < -0.3 is 5.32 Å². The van der Waals surface area contributed by atoms with Crippen molar-refractivity contribution in [2.24, 2.45) is 0 Å². The van der Waals surface area contributed by atoms with Gasteiger partial charge in [0.05, 0.1) is 6.04 Å².